The van der Waals surface area contributed by atoms with Gasteiger partial charge in [0.05, 0.1) is 12.1 Å². The molecule has 3 saturated heterocycles. The zero-order valence-electron chi connectivity index (χ0n) is 13.9. The summed E-state index contributed by atoms with van der Waals surface area (Å²) in [7, 11) is -4.84. The van der Waals surface area contributed by atoms with E-state index < -0.39 is 34.4 Å². The monoisotopic (exact) mass is 391 g/mol. The minimum atomic E-state index is -4.84. The van der Waals surface area contributed by atoms with E-state index >= 15 is 0 Å². The van der Waals surface area contributed by atoms with Gasteiger partial charge in [-0.15, -0.1) is 4.28 Å². The molecule has 3 fully saturated rings. The molecule has 3 heterocycles. The second kappa shape index (κ2) is 7.34. The van der Waals surface area contributed by atoms with Crippen molar-refractivity contribution in [3.63, 3.8) is 0 Å². The number of carbonyl (C=O) groups excluding carboxylic acids is 3. The second-order valence-electron chi connectivity index (χ2n) is 6.49. The third-order valence-electron chi connectivity index (χ3n) is 4.74. The summed E-state index contributed by atoms with van der Waals surface area (Å²) >= 11 is 0. The number of urea groups is 1. The Morgan fingerprint density at radius 3 is 2.54 bits per heavy atom. The first-order valence-corrected chi connectivity index (χ1v) is 9.73. The molecule has 3 atom stereocenters. The maximum absolute atomic E-state index is 12.3. The van der Waals surface area contributed by atoms with Crippen molar-refractivity contribution < 1.29 is 31.6 Å². The Labute approximate surface area is 150 Å². The minimum Gasteiger partial charge on any atom is -0.309 e. The van der Waals surface area contributed by atoms with Gasteiger partial charge in [-0.2, -0.15) is 13.5 Å². The van der Waals surface area contributed by atoms with E-state index in [1.54, 1.807) is 0 Å². The van der Waals surface area contributed by atoms with E-state index in [1.807, 2.05) is 0 Å². The van der Waals surface area contributed by atoms with Crippen LogP contribution in [-0.2, 0) is 24.3 Å². The Morgan fingerprint density at radius 2 is 1.88 bits per heavy atom. The highest BCUT2D eigenvalue weighted by atomic mass is 32.3. The van der Waals surface area contributed by atoms with Gasteiger partial charge in [-0.1, -0.05) is 6.42 Å². The molecule has 0 radical (unpaired) electrons. The molecule has 0 aromatic carbocycles. The smallest absolute Gasteiger partial charge is 0.309 e. The lowest BCUT2D eigenvalue weighted by molar-refractivity contribution is -0.133. The summed E-state index contributed by atoms with van der Waals surface area (Å²) in [6, 6.07) is -2.64. The van der Waals surface area contributed by atoms with Crippen molar-refractivity contribution in [2.24, 2.45) is 0 Å². The zero-order valence-corrected chi connectivity index (χ0v) is 14.7. The Bertz CT molecular complexity index is 693. The number of hydrogen-bond acceptors (Lipinski definition) is 7. The highest BCUT2D eigenvalue weighted by molar-refractivity contribution is 7.80. The Morgan fingerprint density at radius 1 is 1.15 bits per heavy atom. The summed E-state index contributed by atoms with van der Waals surface area (Å²) < 4.78 is 34.8. The third-order valence-corrected chi connectivity index (χ3v) is 5.08. The fraction of sp³-hybridized carbons (Fsp3) is 0.769. The molecule has 0 aromatic heterocycles. The predicted molar refractivity (Wildman–Crippen MR) is 85.3 cm³/mol. The van der Waals surface area contributed by atoms with Crippen molar-refractivity contribution in [2.75, 3.05) is 13.1 Å². The molecule has 0 saturated carbocycles. The molecule has 3 aliphatic heterocycles. The van der Waals surface area contributed by atoms with Crippen LogP contribution in [0.15, 0.2) is 0 Å². The molecule has 0 spiro atoms. The number of rotatable bonds is 4. The van der Waals surface area contributed by atoms with Crippen LogP contribution in [0.25, 0.3) is 0 Å². The van der Waals surface area contributed by atoms with Crippen molar-refractivity contribution in [1.82, 2.24) is 26.1 Å². The molecule has 146 valence electrons. The average Bonchev–Trinajstić information content (AvgIpc) is 2.84. The molecule has 0 aliphatic carbocycles. The fourth-order valence-corrected chi connectivity index (χ4v) is 3.86. The molecule has 12 nitrogen and oxygen atoms in total. The molecular formula is C13H21N5O7S. The number of piperidine rings is 2. The highest BCUT2D eigenvalue weighted by Gasteiger charge is 2.49. The molecule has 3 rings (SSSR count). The van der Waals surface area contributed by atoms with Crippen LogP contribution in [0.2, 0.25) is 0 Å². The number of fused-ring (bicyclic) bond motifs is 2. The third kappa shape index (κ3) is 4.06. The summed E-state index contributed by atoms with van der Waals surface area (Å²) in [5.41, 5.74) is 4.67. The molecule has 4 amide bonds. The molecule has 4 N–H and O–H groups in total. The van der Waals surface area contributed by atoms with Crippen LogP contribution < -0.4 is 16.2 Å². The summed E-state index contributed by atoms with van der Waals surface area (Å²) in [5.74, 6) is -0.925. The Hall–Kier alpha value is -1.96. The fourth-order valence-electron chi connectivity index (χ4n) is 3.47. The van der Waals surface area contributed by atoms with Crippen LogP contribution in [0, 0.1) is 0 Å². The van der Waals surface area contributed by atoms with Gasteiger partial charge in [0, 0.05) is 6.54 Å². The summed E-state index contributed by atoms with van der Waals surface area (Å²) in [5, 5.41) is 3.61. The van der Waals surface area contributed by atoms with Gasteiger partial charge in [0.1, 0.15) is 6.04 Å². The first-order valence-electron chi connectivity index (χ1n) is 8.36. The number of nitrogens with one attached hydrogen (secondary N) is 3. The van der Waals surface area contributed by atoms with Crippen molar-refractivity contribution in [3.8, 4) is 0 Å². The maximum Gasteiger partial charge on any atom is 0.418 e. The number of amides is 4. The topological polar surface area (TPSA) is 157 Å². The number of hydrazine groups is 1. The Balaban J connectivity index is 1.56. The molecule has 2 bridgehead atoms. The SMILES string of the molecule is O=C(NNC(=O)[C@H]1CCCCN1)[C@H]1CC[C@@H]2CN1C(=O)N2OS(=O)(=O)O. The van der Waals surface area contributed by atoms with E-state index in [4.69, 9.17) is 4.55 Å². The highest BCUT2D eigenvalue weighted by Crippen LogP contribution is 2.30. The van der Waals surface area contributed by atoms with Crippen molar-refractivity contribution in [3.05, 3.63) is 0 Å². The van der Waals surface area contributed by atoms with Gasteiger partial charge in [0.25, 0.3) is 11.8 Å². The second-order valence-corrected chi connectivity index (χ2v) is 7.50. The van der Waals surface area contributed by atoms with E-state index in [-0.39, 0.29) is 24.9 Å². The van der Waals surface area contributed by atoms with Crippen LogP contribution in [0.4, 0.5) is 4.79 Å². The van der Waals surface area contributed by atoms with E-state index in [0.29, 0.717) is 17.9 Å². The molecule has 3 aliphatic rings. The molecule has 0 unspecified atom stereocenters. The zero-order chi connectivity index (χ0) is 18.9. The van der Waals surface area contributed by atoms with Gasteiger partial charge in [-0.25, -0.2) is 4.79 Å². The van der Waals surface area contributed by atoms with Crippen LogP contribution >= 0.6 is 0 Å². The van der Waals surface area contributed by atoms with Crippen molar-refractivity contribution >= 4 is 28.2 Å². The molecule has 0 aromatic rings. The lowest BCUT2D eigenvalue weighted by Gasteiger charge is -2.29. The van der Waals surface area contributed by atoms with E-state index in [9.17, 15) is 22.8 Å². The van der Waals surface area contributed by atoms with Crippen molar-refractivity contribution in [2.45, 2.75) is 50.2 Å². The van der Waals surface area contributed by atoms with Gasteiger partial charge >= 0.3 is 16.4 Å². The van der Waals surface area contributed by atoms with Crippen LogP contribution in [0.5, 0.6) is 0 Å². The number of hydrogen-bond donors (Lipinski definition) is 4. The summed E-state index contributed by atoms with van der Waals surface area (Å²) in [6.07, 6.45) is 3.19. The molecule has 26 heavy (non-hydrogen) atoms. The maximum atomic E-state index is 12.3. The molecule has 13 heteroatoms. The minimum absolute atomic E-state index is 0.0879. The normalized spacial score (nSPS) is 28.8. The first kappa shape index (κ1) is 18.8. The van der Waals surface area contributed by atoms with Gasteiger partial charge < -0.3 is 10.2 Å². The largest absolute Gasteiger partial charge is 0.418 e. The summed E-state index contributed by atoms with van der Waals surface area (Å²) in [6.45, 7) is 0.826. The number of carbonyl (C=O) groups is 3. The quantitative estimate of drug-likeness (QED) is 0.325. The van der Waals surface area contributed by atoms with Crippen LogP contribution in [0.1, 0.15) is 32.1 Å². The standard InChI is InChI=1S/C13H21N5O7S/c19-11(9-3-1-2-6-14-9)15-16-12(20)10-5-4-8-7-17(10)13(21)18(8)25-26(22,23)24/h8-10,14H,1-7H2,(H,15,19)(H,16,20)(H,22,23,24)/t8-,9-,10-/m1/s1. The molecular weight excluding hydrogens is 370 g/mol. The van der Waals surface area contributed by atoms with Gasteiger partial charge in [0.15, 0.2) is 0 Å². The predicted octanol–water partition coefficient (Wildman–Crippen LogP) is -1.72. The van der Waals surface area contributed by atoms with Gasteiger partial charge in [-0.05, 0) is 32.2 Å². The number of hydroxylamine groups is 2. The van der Waals surface area contributed by atoms with Crippen LogP contribution in [-0.4, -0.2) is 72.0 Å². The lowest BCUT2D eigenvalue weighted by Crippen LogP contribution is -2.57. The first-order chi connectivity index (χ1) is 12.3. The van der Waals surface area contributed by atoms with Crippen molar-refractivity contribution in [1.29, 1.82) is 0 Å². The number of nitrogens with zero attached hydrogens (tertiary/aromatic N) is 2. The average molecular weight is 391 g/mol. The summed E-state index contributed by atoms with van der Waals surface area (Å²) in [4.78, 5) is 37.8. The van der Waals surface area contributed by atoms with E-state index in [0.717, 1.165) is 24.3 Å². The van der Waals surface area contributed by atoms with E-state index in [2.05, 4.69) is 20.5 Å². The van der Waals surface area contributed by atoms with Gasteiger partial charge in [-0.3, -0.25) is 25.0 Å². The van der Waals surface area contributed by atoms with E-state index in [1.165, 1.54) is 0 Å². The Kier molecular flexibility index (Phi) is 5.32. The van der Waals surface area contributed by atoms with Crippen LogP contribution in [0.3, 0.4) is 0 Å². The lowest BCUT2D eigenvalue weighted by atomic mass is 10.0. The van der Waals surface area contributed by atoms with Gasteiger partial charge in [0.2, 0.25) is 0 Å².